The number of hydrogen-bond acceptors (Lipinski definition) is 4. The van der Waals surface area contributed by atoms with Gasteiger partial charge >= 0.3 is 0 Å². The van der Waals surface area contributed by atoms with Crippen LogP contribution in [0, 0.1) is 5.41 Å². The molecule has 2 fully saturated rings. The van der Waals surface area contributed by atoms with Gasteiger partial charge in [-0.15, -0.1) is 0 Å². The van der Waals surface area contributed by atoms with Gasteiger partial charge < -0.3 is 15.1 Å². The zero-order valence-electron chi connectivity index (χ0n) is 16.3. The number of rotatable bonds is 6. The Morgan fingerprint density at radius 1 is 1.25 bits per heavy atom. The Morgan fingerprint density at radius 3 is 2.46 bits per heavy atom. The summed E-state index contributed by atoms with van der Waals surface area (Å²) in [6.45, 7) is 2.67. The van der Waals surface area contributed by atoms with Gasteiger partial charge in [-0.3, -0.25) is 9.79 Å². The van der Waals surface area contributed by atoms with Crippen LogP contribution < -0.4 is 5.32 Å². The summed E-state index contributed by atoms with van der Waals surface area (Å²) >= 11 is 5.91. The standard InChI is InChI=1S/C19H27ClN4O3S/c1-21-18(22-13-19(7-8-19)14-28(2,26)27)24-10-9-23(17(25)12-24)11-15-3-5-16(20)6-4-15/h3-6H,7-14H2,1-2H3,(H,21,22). The van der Waals surface area contributed by atoms with Crippen LogP contribution in [0.3, 0.4) is 0 Å². The molecule has 0 unspecified atom stereocenters. The van der Waals surface area contributed by atoms with Gasteiger partial charge in [-0.2, -0.15) is 0 Å². The van der Waals surface area contributed by atoms with Gasteiger partial charge in [-0.25, -0.2) is 8.42 Å². The molecule has 0 atom stereocenters. The third-order valence-electron chi connectivity index (χ3n) is 5.26. The predicted octanol–water partition coefficient (Wildman–Crippen LogP) is 1.38. The van der Waals surface area contributed by atoms with Gasteiger partial charge in [0, 0.05) is 49.9 Å². The Balaban J connectivity index is 1.53. The lowest BCUT2D eigenvalue weighted by Gasteiger charge is -2.36. The van der Waals surface area contributed by atoms with Crippen molar-refractivity contribution in [3.8, 4) is 0 Å². The maximum atomic E-state index is 12.6. The minimum Gasteiger partial charge on any atom is -0.356 e. The maximum absolute atomic E-state index is 12.6. The van der Waals surface area contributed by atoms with Crippen molar-refractivity contribution in [2.45, 2.75) is 19.4 Å². The molecule has 9 heteroatoms. The average Bonchev–Trinajstić information content (AvgIpc) is 3.37. The summed E-state index contributed by atoms with van der Waals surface area (Å²) in [4.78, 5) is 20.6. The molecular formula is C19H27ClN4O3S. The van der Waals surface area contributed by atoms with E-state index in [4.69, 9.17) is 11.6 Å². The van der Waals surface area contributed by atoms with Crippen molar-refractivity contribution in [2.75, 3.05) is 45.2 Å². The van der Waals surface area contributed by atoms with Gasteiger partial charge in [-0.1, -0.05) is 23.7 Å². The highest BCUT2D eigenvalue weighted by atomic mass is 35.5. The first-order chi connectivity index (χ1) is 13.2. The molecule has 0 radical (unpaired) electrons. The van der Waals surface area contributed by atoms with Crippen LogP contribution in [-0.4, -0.2) is 75.3 Å². The van der Waals surface area contributed by atoms with Gasteiger partial charge in [-0.05, 0) is 30.5 Å². The van der Waals surface area contributed by atoms with E-state index in [9.17, 15) is 13.2 Å². The van der Waals surface area contributed by atoms with E-state index < -0.39 is 9.84 Å². The number of carbonyl (C=O) groups is 1. The lowest BCUT2D eigenvalue weighted by Crippen LogP contribution is -2.55. The summed E-state index contributed by atoms with van der Waals surface area (Å²) in [5.74, 6) is 0.887. The van der Waals surface area contributed by atoms with Crippen LogP contribution in [0.1, 0.15) is 18.4 Å². The third kappa shape index (κ3) is 5.61. The van der Waals surface area contributed by atoms with E-state index in [2.05, 4.69) is 10.3 Å². The van der Waals surface area contributed by atoms with Gasteiger partial charge in [0.15, 0.2) is 5.96 Å². The number of aliphatic imine (C=N–C) groups is 1. The lowest BCUT2D eigenvalue weighted by atomic mass is 10.1. The van der Waals surface area contributed by atoms with Crippen molar-refractivity contribution in [3.05, 3.63) is 34.9 Å². The molecule has 0 spiro atoms. The molecule has 1 aliphatic heterocycles. The molecule has 0 bridgehead atoms. The van der Waals surface area contributed by atoms with Crippen molar-refractivity contribution in [2.24, 2.45) is 10.4 Å². The van der Waals surface area contributed by atoms with E-state index in [-0.39, 0.29) is 23.6 Å². The van der Waals surface area contributed by atoms with E-state index in [0.29, 0.717) is 37.2 Å². The van der Waals surface area contributed by atoms with Crippen LogP contribution in [0.2, 0.25) is 5.02 Å². The van der Waals surface area contributed by atoms with Gasteiger partial charge in [0.1, 0.15) is 9.84 Å². The molecule has 0 aromatic heterocycles. The number of nitrogens with one attached hydrogen (secondary N) is 1. The van der Waals surface area contributed by atoms with Crippen LogP contribution in [-0.2, 0) is 21.2 Å². The van der Waals surface area contributed by atoms with Crippen molar-refractivity contribution in [1.82, 2.24) is 15.1 Å². The molecule has 1 saturated carbocycles. The van der Waals surface area contributed by atoms with Crippen LogP contribution in [0.5, 0.6) is 0 Å². The second-order valence-corrected chi connectivity index (χ2v) is 10.4. The van der Waals surface area contributed by atoms with Crippen molar-refractivity contribution >= 4 is 33.3 Å². The first kappa shape index (κ1) is 20.9. The normalized spacial score (nSPS) is 19.7. The average molecular weight is 427 g/mol. The fraction of sp³-hybridized carbons (Fsp3) is 0.579. The van der Waals surface area contributed by atoms with Crippen LogP contribution in [0.4, 0.5) is 0 Å². The summed E-state index contributed by atoms with van der Waals surface area (Å²) in [5.41, 5.74) is 0.856. The van der Waals surface area contributed by atoms with Gasteiger partial charge in [0.2, 0.25) is 5.91 Å². The number of piperazine rings is 1. The topological polar surface area (TPSA) is 82.1 Å². The number of hydrogen-bond donors (Lipinski definition) is 1. The third-order valence-corrected chi connectivity index (χ3v) is 6.65. The molecule has 1 aromatic carbocycles. The minimum atomic E-state index is -3.01. The SMILES string of the molecule is CN=C(NCC1(CS(C)(=O)=O)CC1)N1CCN(Cc2ccc(Cl)cc2)C(=O)C1. The van der Waals surface area contributed by atoms with Crippen LogP contribution >= 0.6 is 11.6 Å². The van der Waals surface area contributed by atoms with Crippen LogP contribution in [0.25, 0.3) is 0 Å². The molecule has 1 heterocycles. The predicted molar refractivity (Wildman–Crippen MR) is 111 cm³/mol. The Labute approximate surface area is 171 Å². The maximum Gasteiger partial charge on any atom is 0.242 e. The minimum absolute atomic E-state index is 0.0430. The number of sulfone groups is 1. The molecule has 3 rings (SSSR count). The van der Waals surface area contributed by atoms with Crippen LogP contribution in [0.15, 0.2) is 29.3 Å². The molecule has 7 nitrogen and oxygen atoms in total. The number of amides is 1. The lowest BCUT2D eigenvalue weighted by molar-refractivity contribution is -0.135. The van der Waals surface area contributed by atoms with Gasteiger partial charge in [0.25, 0.3) is 0 Å². The fourth-order valence-electron chi connectivity index (χ4n) is 3.57. The molecule has 154 valence electrons. The number of halogens is 1. The van der Waals surface area contributed by atoms with Gasteiger partial charge in [0.05, 0.1) is 12.3 Å². The van der Waals surface area contributed by atoms with Crippen molar-refractivity contribution in [3.63, 3.8) is 0 Å². The number of benzene rings is 1. The molecule has 2 aliphatic rings. The highest BCUT2D eigenvalue weighted by Gasteiger charge is 2.45. The number of carbonyl (C=O) groups excluding carboxylic acids is 1. The highest BCUT2D eigenvalue weighted by molar-refractivity contribution is 7.90. The Kier molecular flexibility index (Phi) is 6.19. The number of nitrogens with zero attached hydrogens (tertiary/aromatic N) is 3. The first-order valence-corrected chi connectivity index (χ1v) is 11.8. The monoisotopic (exact) mass is 426 g/mol. The van der Waals surface area contributed by atoms with Crippen molar-refractivity contribution < 1.29 is 13.2 Å². The zero-order chi connectivity index (χ0) is 20.4. The summed E-state index contributed by atoms with van der Waals surface area (Å²) in [7, 11) is -1.33. The molecule has 1 amide bonds. The highest BCUT2D eigenvalue weighted by Crippen LogP contribution is 2.46. The summed E-state index contributed by atoms with van der Waals surface area (Å²) in [5, 5.41) is 3.96. The summed E-state index contributed by atoms with van der Waals surface area (Å²) < 4.78 is 23.2. The molecule has 28 heavy (non-hydrogen) atoms. The first-order valence-electron chi connectivity index (χ1n) is 9.35. The quantitative estimate of drug-likeness (QED) is 0.549. The van der Waals surface area contributed by atoms with Crippen molar-refractivity contribution in [1.29, 1.82) is 0 Å². The summed E-state index contributed by atoms with van der Waals surface area (Å²) in [6, 6.07) is 7.51. The molecule has 1 saturated heterocycles. The molecule has 1 aliphatic carbocycles. The van der Waals surface area contributed by atoms with E-state index in [1.54, 1.807) is 7.05 Å². The molecule has 1 aromatic rings. The summed E-state index contributed by atoms with van der Waals surface area (Å²) in [6.07, 6.45) is 3.08. The largest absolute Gasteiger partial charge is 0.356 e. The second kappa shape index (κ2) is 8.29. The Bertz CT molecular complexity index is 850. The molecule has 1 N–H and O–H groups in total. The van der Waals surface area contributed by atoms with E-state index >= 15 is 0 Å². The number of guanidine groups is 1. The fourth-order valence-corrected chi connectivity index (χ4v) is 5.20. The second-order valence-electron chi connectivity index (χ2n) is 7.83. The van der Waals surface area contributed by atoms with E-state index in [0.717, 1.165) is 18.4 Å². The zero-order valence-corrected chi connectivity index (χ0v) is 17.9. The molecular weight excluding hydrogens is 400 g/mol. The van der Waals surface area contributed by atoms with E-state index in [1.165, 1.54) is 6.26 Å². The smallest absolute Gasteiger partial charge is 0.242 e. The Hall–Kier alpha value is -1.80. The Morgan fingerprint density at radius 2 is 1.93 bits per heavy atom. The van der Waals surface area contributed by atoms with E-state index in [1.807, 2.05) is 34.1 Å².